The van der Waals surface area contributed by atoms with Crippen molar-refractivity contribution in [2.45, 2.75) is 50.6 Å². The molecule has 0 bridgehead atoms. The van der Waals surface area contributed by atoms with Gasteiger partial charge in [0.25, 0.3) is 5.91 Å². The summed E-state index contributed by atoms with van der Waals surface area (Å²) in [5.41, 5.74) is 0.339. The van der Waals surface area contributed by atoms with Gasteiger partial charge in [0.2, 0.25) is 5.91 Å². The lowest BCUT2D eigenvalue weighted by atomic mass is 9.87. The Kier molecular flexibility index (Phi) is 6.00. The topological polar surface area (TPSA) is 69.7 Å². The Labute approximate surface area is 187 Å². The number of nitrogens with one attached hydrogen (secondary N) is 1. The number of benzene rings is 2. The SMILES string of the molecule is CC[C@H](c1ccccc1)[C@@H]1CCCN1C(=O)CN1C(=O)N[C@](C)(c2ccc(F)cc2)C1=O. The number of carbonyl (C=O) groups excluding carboxylic acids is 3. The maximum atomic E-state index is 13.3. The molecule has 2 aliphatic heterocycles. The van der Waals surface area contributed by atoms with Crippen LogP contribution in [-0.4, -0.2) is 46.8 Å². The summed E-state index contributed by atoms with van der Waals surface area (Å²) in [6.07, 6.45) is 2.68. The van der Waals surface area contributed by atoms with E-state index in [1.165, 1.54) is 29.8 Å². The summed E-state index contributed by atoms with van der Waals surface area (Å²) in [5.74, 6) is -0.956. The molecule has 0 spiro atoms. The Bertz CT molecular complexity index is 1010. The third-order valence-electron chi connectivity index (χ3n) is 6.74. The van der Waals surface area contributed by atoms with Gasteiger partial charge in [-0.2, -0.15) is 0 Å². The molecule has 4 amide bonds. The van der Waals surface area contributed by atoms with Gasteiger partial charge < -0.3 is 10.2 Å². The van der Waals surface area contributed by atoms with Crippen LogP contribution in [0.4, 0.5) is 9.18 Å². The Morgan fingerprint density at radius 3 is 2.50 bits per heavy atom. The molecule has 7 heteroatoms. The van der Waals surface area contributed by atoms with Crippen molar-refractivity contribution in [1.82, 2.24) is 15.1 Å². The molecular weight excluding hydrogens is 409 g/mol. The van der Waals surface area contributed by atoms with Gasteiger partial charge in [0.05, 0.1) is 0 Å². The highest BCUT2D eigenvalue weighted by atomic mass is 19.1. The largest absolute Gasteiger partial charge is 0.338 e. The number of halogens is 1. The van der Waals surface area contributed by atoms with E-state index in [4.69, 9.17) is 0 Å². The first-order valence-electron chi connectivity index (χ1n) is 11.1. The standard InChI is InChI=1S/C25H28FN3O3/c1-3-20(17-8-5-4-6-9-17)21-10-7-15-28(21)22(30)16-29-23(31)25(2,27-24(29)32)18-11-13-19(26)14-12-18/h4-6,8-9,11-14,20-21H,3,7,10,15-16H2,1-2H3,(H,27,32)/t20-,21+,25-/m1/s1. The van der Waals surface area contributed by atoms with Crippen molar-refractivity contribution in [2.75, 3.05) is 13.1 Å². The first-order chi connectivity index (χ1) is 15.3. The summed E-state index contributed by atoms with van der Waals surface area (Å²) in [6, 6.07) is 15.0. The Balaban J connectivity index is 1.51. The molecule has 4 rings (SSSR count). The zero-order chi connectivity index (χ0) is 22.9. The number of hydrogen-bond donors (Lipinski definition) is 1. The number of urea groups is 1. The average molecular weight is 438 g/mol. The van der Waals surface area contributed by atoms with E-state index in [2.05, 4.69) is 24.4 Å². The van der Waals surface area contributed by atoms with Crippen LogP contribution in [0.15, 0.2) is 54.6 Å². The molecule has 3 atom stereocenters. The lowest BCUT2D eigenvalue weighted by Crippen LogP contribution is -2.47. The smallest absolute Gasteiger partial charge is 0.325 e. The molecule has 2 aromatic carbocycles. The van der Waals surface area contributed by atoms with Crippen LogP contribution >= 0.6 is 0 Å². The van der Waals surface area contributed by atoms with Crippen molar-refractivity contribution in [3.63, 3.8) is 0 Å². The molecule has 2 heterocycles. The highest BCUT2D eigenvalue weighted by molar-refractivity contribution is 6.09. The molecule has 0 saturated carbocycles. The van der Waals surface area contributed by atoms with Gasteiger partial charge in [-0.15, -0.1) is 0 Å². The summed E-state index contributed by atoms with van der Waals surface area (Å²) in [6.45, 7) is 4.01. The maximum absolute atomic E-state index is 13.3. The zero-order valence-electron chi connectivity index (χ0n) is 18.4. The first-order valence-corrected chi connectivity index (χ1v) is 11.1. The Morgan fingerprint density at radius 2 is 1.84 bits per heavy atom. The lowest BCUT2D eigenvalue weighted by molar-refractivity contribution is -0.139. The minimum atomic E-state index is -1.33. The fraction of sp³-hybridized carbons (Fsp3) is 0.400. The molecule has 1 N–H and O–H groups in total. The minimum Gasteiger partial charge on any atom is -0.338 e. The molecule has 0 aliphatic carbocycles. The number of imide groups is 1. The zero-order valence-corrected chi connectivity index (χ0v) is 18.4. The summed E-state index contributed by atoms with van der Waals surface area (Å²) in [5, 5.41) is 2.68. The second-order valence-corrected chi connectivity index (χ2v) is 8.68. The van der Waals surface area contributed by atoms with Gasteiger partial charge in [0.1, 0.15) is 17.9 Å². The fourth-order valence-corrected chi connectivity index (χ4v) is 5.00. The summed E-state index contributed by atoms with van der Waals surface area (Å²) in [7, 11) is 0. The van der Waals surface area contributed by atoms with E-state index in [0.29, 0.717) is 12.1 Å². The van der Waals surface area contributed by atoms with E-state index in [1.54, 1.807) is 6.92 Å². The van der Waals surface area contributed by atoms with Crippen molar-refractivity contribution < 1.29 is 18.8 Å². The summed E-state index contributed by atoms with van der Waals surface area (Å²) >= 11 is 0. The average Bonchev–Trinajstić information content (AvgIpc) is 3.35. The van der Waals surface area contributed by atoms with Gasteiger partial charge in [0.15, 0.2) is 0 Å². The molecule has 0 unspecified atom stereocenters. The number of carbonyl (C=O) groups is 3. The van der Waals surface area contributed by atoms with Crippen molar-refractivity contribution in [3.8, 4) is 0 Å². The molecule has 2 fully saturated rings. The van der Waals surface area contributed by atoms with Crippen molar-refractivity contribution in [1.29, 1.82) is 0 Å². The third kappa shape index (κ3) is 3.87. The Morgan fingerprint density at radius 1 is 1.16 bits per heavy atom. The van der Waals surface area contributed by atoms with Crippen LogP contribution in [-0.2, 0) is 15.1 Å². The van der Waals surface area contributed by atoms with Gasteiger partial charge in [-0.25, -0.2) is 9.18 Å². The maximum Gasteiger partial charge on any atom is 0.325 e. The van der Waals surface area contributed by atoms with Gasteiger partial charge in [-0.3, -0.25) is 14.5 Å². The highest BCUT2D eigenvalue weighted by Gasteiger charge is 2.50. The molecule has 0 aromatic heterocycles. The predicted molar refractivity (Wildman–Crippen MR) is 118 cm³/mol. The van der Waals surface area contributed by atoms with E-state index >= 15 is 0 Å². The molecule has 168 valence electrons. The van der Waals surface area contributed by atoms with Gasteiger partial charge in [-0.05, 0) is 49.4 Å². The van der Waals surface area contributed by atoms with Crippen LogP contribution in [0.5, 0.6) is 0 Å². The van der Waals surface area contributed by atoms with Crippen LogP contribution in [0, 0.1) is 5.82 Å². The number of nitrogens with zero attached hydrogens (tertiary/aromatic N) is 2. The van der Waals surface area contributed by atoms with Crippen LogP contribution in [0.3, 0.4) is 0 Å². The number of likely N-dealkylation sites (tertiary alicyclic amines) is 1. The van der Waals surface area contributed by atoms with Crippen LogP contribution < -0.4 is 5.32 Å². The molecule has 0 radical (unpaired) electrons. The van der Waals surface area contributed by atoms with Gasteiger partial charge in [-0.1, -0.05) is 49.4 Å². The van der Waals surface area contributed by atoms with Crippen LogP contribution in [0.2, 0.25) is 0 Å². The molecule has 32 heavy (non-hydrogen) atoms. The third-order valence-corrected chi connectivity index (χ3v) is 6.74. The number of hydrogen-bond acceptors (Lipinski definition) is 3. The lowest BCUT2D eigenvalue weighted by Gasteiger charge is -2.32. The minimum absolute atomic E-state index is 0.0409. The van der Waals surface area contributed by atoms with Gasteiger partial charge in [0, 0.05) is 18.5 Å². The van der Waals surface area contributed by atoms with E-state index in [9.17, 15) is 18.8 Å². The van der Waals surface area contributed by atoms with Crippen molar-refractivity contribution in [3.05, 3.63) is 71.5 Å². The van der Waals surface area contributed by atoms with E-state index < -0.39 is 23.3 Å². The number of amides is 4. The predicted octanol–water partition coefficient (Wildman–Crippen LogP) is 3.78. The highest BCUT2D eigenvalue weighted by Crippen LogP contribution is 2.34. The van der Waals surface area contributed by atoms with E-state index in [-0.39, 0.29) is 24.4 Å². The molecule has 6 nitrogen and oxygen atoms in total. The van der Waals surface area contributed by atoms with E-state index in [1.807, 2.05) is 23.1 Å². The van der Waals surface area contributed by atoms with Crippen molar-refractivity contribution >= 4 is 17.8 Å². The van der Waals surface area contributed by atoms with Crippen molar-refractivity contribution in [2.24, 2.45) is 0 Å². The quantitative estimate of drug-likeness (QED) is 0.700. The van der Waals surface area contributed by atoms with Crippen LogP contribution in [0.25, 0.3) is 0 Å². The second-order valence-electron chi connectivity index (χ2n) is 8.68. The van der Waals surface area contributed by atoms with Gasteiger partial charge >= 0.3 is 6.03 Å². The Hall–Kier alpha value is -3.22. The first kappa shape index (κ1) is 22.0. The normalized spacial score (nSPS) is 24.0. The monoisotopic (exact) mass is 437 g/mol. The fourth-order valence-electron chi connectivity index (χ4n) is 5.00. The van der Waals surface area contributed by atoms with E-state index in [0.717, 1.165) is 24.2 Å². The molecular formula is C25H28FN3O3. The second kappa shape index (κ2) is 8.73. The molecule has 2 saturated heterocycles. The summed E-state index contributed by atoms with van der Waals surface area (Å²) < 4.78 is 13.3. The molecule has 2 aliphatic rings. The molecule has 2 aromatic rings. The van der Waals surface area contributed by atoms with Crippen LogP contribution in [0.1, 0.15) is 50.2 Å². The summed E-state index contributed by atoms with van der Waals surface area (Å²) in [4.78, 5) is 41.8. The number of rotatable bonds is 6.